The molecule has 4 heteroatoms. The van der Waals surface area contributed by atoms with Gasteiger partial charge in [-0.25, -0.2) is 9.78 Å². The molecule has 0 aromatic carbocycles. The molecule has 0 unspecified atom stereocenters. The fraction of sp³-hybridized carbons (Fsp3) is 0.250. The van der Waals surface area contributed by atoms with E-state index in [2.05, 4.69) is 4.98 Å². The Bertz CT molecular complexity index is 285. The number of pyridine rings is 1. The first-order valence-electron chi connectivity index (χ1n) is 3.54. The molecular weight excluding hydrogens is 158 g/mol. The van der Waals surface area contributed by atoms with Gasteiger partial charge in [0.2, 0.25) is 0 Å². The molecule has 1 aromatic rings. The molecule has 12 heavy (non-hydrogen) atoms. The average Bonchev–Trinajstić information content (AvgIpc) is 2.05. The van der Waals surface area contributed by atoms with Crippen LogP contribution in [-0.4, -0.2) is 27.8 Å². The number of hydrogen-bond acceptors (Lipinski definition) is 3. The van der Waals surface area contributed by atoms with Gasteiger partial charge in [-0.15, -0.1) is 0 Å². The molecule has 0 saturated carbocycles. The highest BCUT2D eigenvalue weighted by Gasteiger charge is 2.03. The van der Waals surface area contributed by atoms with Crippen LogP contribution < -0.4 is 0 Å². The second-order valence-electron chi connectivity index (χ2n) is 2.29. The van der Waals surface area contributed by atoms with Crippen LogP contribution in [0.4, 0.5) is 0 Å². The monoisotopic (exact) mass is 167 g/mol. The Kier molecular flexibility index (Phi) is 2.76. The Morgan fingerprint density at radius 1 is 1.50 bits per heavy atom. The Balaban J connectivity index is 2.88. The predicted octanol–water partition coefficient (Wildman–Crippen LogP) is 0.315. The summed E-state index contributed by atoms with van der Waals surface area (Å²) in [7, 11) is 0. The van der Waals surface area contributed by atoms with E-state index in [0.717, 1.165) is 0 Å². The van der Waals surface area contributed by atoms with Gasteiger partial charge in [0.25, 0.3) is 0 Å². The third kappa shape index (κ3) is 2.03. The molecule has 2 N–H and O–H groups in total. The zero-order valence-corrected chi connectivity index (χ0v) is 6.40. The lowest BCUT2D eigenvalue weighted by Gasteiger charge is -1.97. The minimum atomic E-state index is -1.05. The summed E-state index contributed by atoms with van der Waals surface area (Å²) >= 11 is 0. The van der Waals surface area contributed by atoms with Crippen LogP contribution in [-0.2, 0) is 6.42 Å². The highest BCUT2D eigenvalue weighted by Crippen LogP contribution is 1.99. The minimum Gasteiger partial charge on any atom is -0.477 e. The Labute approximate surface area is 69.5 Å². The highest BCUT2D eigenvalue weighted by atomic mass is 16.4. The van der Waals surface area contributed by atoms with Gasteiger partial charge in [0, 0.05) is 18.7 Å². The highest BCUT2D eigenvalue weighted by molar-refractivity contribution is 5.85. The van der Waals surface area contributed by atoms with Crippen molar-refractivity contribution in [3.63, 3.8) is 0 Å². The molecule has 64 valence electrons. The number of carbonyl (C=O) groups is 1. The van der Waals surface area contributed by atoms with Gasteiger partial charge in [-0.3, -0.25) is 0 Å². The molecule has 0 radical (unpaired) electrons. The van der Waals surface area contributed by atoms with E-state index in [1.165, 1.54) is 6.07 Å². The summed E-state index contributed by atoms with van der Waals surface area (Å²) in [5.41, 5.74) is 0.610. The number of carboxylic acid groups (broad SMARTS) is 1. The van der Waals surface area contributed by atoms with Gasteiger partial charge in [-0.2, -0.15) is 0 Å². The van der Waals surface area contributed by atoms with Gasteiger partial charge < -0.3 is 10.2 Å². The van der Waals surface area contributed by atoms with E-state index in [0.29, 0.717) is 12.1 Å². The van der Waals surface area contributed by atoms with Crippen molar-refractivity contribution in [2.75, 3.05) is 6.61 Å². The first-order valence-corrected chi connectivity index (χ1v) is 3.54. The van der Waals surface area contributed by atoms with Crippen molar-refractivity contribution in [3.05, 3.63) is 29.6 Å². The molecular formula is C8H9NO3. The maximum Gasteiger partial charge on any atom is 0.354 e. The van der Waals surface area contributed by atoms with E-state index in [-0.39, 0.29) is 12.3 Å². The normalized spacial score (nSPS) is 9.75. The number of rotatable bonds is 3. The minimum absolute atomic E-state index is 0.0148. The summed E-state index contributed by atoms with van der Waals surface area (Å²) in [6, 6.07) is 4.72. The summed E-state index contributed by atoms with van der Waals surface area (Å²) in [5, 5.41) is 17.1. The molecule has 1 heterocycles. The molecule has 0 aliphatic heterocycles. The standard InChI is InChI=1S/C8H9NO3/c10-5-4-6-2-1-3-7(9-6)8(11)12/h1-3,10H,4-5H2,(H,11,12). The van der Waals surface area contributed by atoms with Crippen molar-refractivity contribution in [2.45, 2.75) is 6.42 Å². The van der Waals surface area contributed by atoms with Gasteiger partial charge in [0.05, 0.1) is 0 Å². The summed E-state index contributed by atoms with van der Waals surface area (Å²) < 4.78 is 0. The zero-order chi connectivity index (χ0) is 8.97. The number of aliphatic hydroxyl groups is 1. The third-order valence-corrected chi connectivity index (χ3v) is 1.39. The van der Waals surface area contributed by atoms with Crippen molar-refractivity contribution in [1.29, 1.82) is 0 Å². The van der Waals surface area contributed by atoms with Crippen LogP contribution >= 0.6 is 0 Å². The maximum atomic E-state index is 10.4. The molecule has 0 spiro atoms. The van der Waals surface area contributed by atoms with Gasteiger partial charge in [0.1, 0.15) is 5.69 Å². The van der Waals surface area contributed by atoms with E-state index in [1.807, 2.05) is 0 Å². The van der Waals surface area contributed by atoms with Crippen LogP contribution in [0.15, 0.2) is 18.2 Å². The van der Waals surface area contributed by atoms with E-state index in [9.17, 15) is 4.79 Å². The molecule has 0 aliphatic carbocycles. The maximum absolute atomic E-state index is 10.4. The van der Waals surface area contributed by atoms with Crippen molar-refractivity contribution in [2.24, 2.45) is 0 Å². The van der Waals surface area contributed by atoms with Crippen molar-refractivity contribution in [1.82, 2.24) is 4.98 Å². The number of nitrogens with zero attached hydrogens (tertiary/aromatic N) is 1. The van der Waals surface area contributed by atoms with Crippen molar-refractivity contribution < 1.29 is 15.0 Å². The summed E-state index contributed by atoms with van der Waals surface area (Å²) in [6.07, 6.45) is 0.390. The van der Waals surface area contributed by atoms with Gasteiger partial charge in [0.15, 0.2) is 0 Å². The second kappa shape index (κ2) is 3.82. The van der Waals surface area contributed by atoms with Crippen LogP contribution in [0, 0.1) is 0 Å². The molecule has 0 atom stereocenters. The van der Waals surface area contributed by atoms with E-state index < -0.39 is 5.97 Å². The topological polar surface area (TPSA) is 70.4 Å². The third-order valence-electron chi connectivity index (χ3n) is 1.39. The quantitative estimate of drug-likeness (QED) is 0.679. The van der Waals surface area contributed by atoms with Crippen LogP contribution in [0.5, 0.6) is 0 Å². The van der Waals surface area contributed by atoms with Gasteiger partial charge in [-0.05, 0) is 12.1 Å². The largest absolute Gasteiger partial charge is 0.477 e. The lowest BCUT2D eigenvalue weighted by atomic mass is 10.2. The Morgan fingerprint density at radius 2 is 2.25 bits per heavy atom. The lowest BCUT2D eigenvalue weighted by molar-refractivity contribution is 0.0690. The van der Waals surface area contributed by atoms with E-state index >= 15 is 0 Å². The molecule has 0 amide bonds. The number of aromatic nitrogens is 1. The first kappa shape index (κ1) is 8.67. The van der Waals surface area contributed by atoms with E-state index in [4.69, 9.17) is 10.2 Å². The molecule has 0 aliphatic rings. The number of aliphatic hydroxyl groups excluding tert-OH is 1. The van der Waals surface area contributed by atoms with Gasteiger partial charge >= 0.3 is 5.97 Å². The SMILES string of the molecule is O=C(O)c1cccc(CCO)n1. The molecule has 0 bridgehead atoms. The molecule has 4 nitrogen and oxygen atoms in total. The average molecular weight is 167 g/mol. The van der Waals surface area contributed by atoms with Gasteiger partial charge in [-0.1, -0.05) is 6.07 Å². The fourth-order valence-corrected chi connectivity index (χ4v) is 0.852. The number of hydrogen-bond donors (Lipinski definition) is 2. The lowest BCUT2D eigenvalue weighted by Crippen LogP contribution is -2.03. The predicted molar refractivity (Wildman–Crippen MR) is 42.0 cm³/mol. The van der Waals surface area contributed by atoms with Crippen molar-refractivity contribution in [3.8, 4) is 0 Å². The van der Waals surface area contributed by atoms with Crippen LogP contribution in [0.3, 0.4) is 0 Å². The molecule has 1 rings (SSSR count). The van der Waals surface area contributed by atoms with Crippen LogP contribution in [0.1, 0.15) is 16.2 Å². The number of aromatic carboxylic acids is 1. The fourth-order valence-electron chi connectivity index (χ4n) is 0.852. The second-order valence-corrected chi connectivity index (χ2v) is 2.29. The van der Waals surface area contributed by atoms with Crippen molar-refractivity contribution >= 4 is 5.97 Å². The Morgan fingerprint density at radius 3 is 2.83 bits per heavy atom. The Hall–Kier alpha value is -1.42. The van der Waals surface area contributed by atoms with Crippen LogP contribution in [0.25, 0.3) is 0 Å². The van der Waals surface area contributed by atoms with Crippen LogP contribution in [0.2, 0.25) is 0 Å². The van der Waals surface area contributed by atoms with E-state index in [1.54, 1.807) is 12.1 Å². The zero-order valence-electron chi connectivity index (χ0n) is 6.40. The summed E-state index contributed by atoms with van der Waals surface area (Å²) in [5.74, 6) is -1.05. The smallest absolute Gasteiger partial charge is 0.354 e. The summed E-state index contributed by atoms with van der Waals surface area (Å²) in [6.45, 7) is -0.0178. The first-order chi connectivity index (χ1) is 5.74. The summed E-state index contributed by atoms with van der Waals surface area (Å²) in [4.78, 5) is 14.2. The molecule has 0 saturated heterocycles. The molecule has 0 fully saturated rings. The molecule has 1 aromatic heterocycles. The number of carboxylic acids is 1.